The number of rotatable bonds is 4. The highest BCUT2D eigenvalue weighted by Gasteiger charge is 2.20. The number of benzene rings is 7. The van der Waals surface area contributed by atoms with Crippen LogP contribution in [0.15, 0.2) is 158 Å². The Morgan fingerprint density at radius 3 is 1.73 bits per heavy atom. The molecule has 48 heavy (non-hydrogen) atoms. The largest absolute Gasteiger partial charge is 0.226 e. The Bertz CT molecular complexity index is 2810. The quantitative estimate of drug-likeness (QED) is 0.190. The summed E-state index contributed by atoms with van der Waals surface area (Å²) in [7, 11) is 0. The Hall–Kier alpha value is -5.68. The molecule has 0 atom stereocenters. The number of thiophene rings is 2. The molecule has 0 aliphatic carbocycles. The van der Waals surface area contributed by atoms with Gasteiger partial charge in [0.2, 0.25) is 0 Å². The topological polar surface area (TPSA) is 25.8 Å². The minimum atomic E-state index is 0.764. The van der Waals surface area contributed by atoms with Gasteiger partial charge in [-0.05, 0) is 57.3 Å². The van der Waals surface area contributed by atoms with Gasteiger partial charge in [0.1, 0.15) is 0 Å². The van der Waals surface area contributed by atoms with Crippen molar-refractivity contribution in [2.45, 2.75) is 0 Å². The van der Waals surface area contributed by atoms with Gasteiger partial charge < -0.3 is 0 Å². The second-order valence-electron chi connectivity index (χ2n) is 12.1. The number of fused-ring (bicyclic) bond motifs is 8. The van der Waals surface area contributed by atoms with Crippen molar-refractivity contribution in [1.29, 1.82) is 0 Å². The van der Waals surface area contributed by atoms with Crippen molar-refractivity contribution in [3.05, 3.63) is 158 Å². The van der Waals surface area contributed by atoms with Gasteiger partial charge in [-0.3, -0.25) is 0 Å². The lowest BCUT2D eigenvalue weighted by atomic mass is 9.96. The van der Waals surface area contributed by atoms with Crippen LogP contribution < -0.4 is 0 Å². The van der Waals surface area contributed by atoms with Gasteiger partial charge in [0.15, 0.2) is 5.82 Å². The van der Waals surface area contributed by atoms with Crippen molar-refractivity contribution in [3.8, 4) is 44.9 Å². The van der Waals surface area contributed by atoms with E-state index in [1.807, 2.05) is 11.3 Å². The lowest BCUT2D eigenvalue weighted by molar-refractivity contribution is 1.25. The molecular weight excluding hydrogens is 621 g/mol. The maximum absolute atomic E-state index is 5.33. The summed E-state index contributed by atoms with van der Waals surface area (Å²) >= 11 is 3.62. The van der Waals surface area contributed by atoms with Crippen LogP contribution in [0.5, 0.6) is 0 Å². The molecule has 3 heterocycles. The minimum Gasteiger partial charge on any atom is -0.226 e. The van der Waals surface area contributed by atoms with Crippen LogP contribution >= 0.6 is 22.7 Å². The summed E-state index contributed by atoms with van der Waals surface area (Å²) in [6.45, 7) is 0. The molecule has 0 saturated carbocycles. The zero-order valence-corrected chi connectivity index (χ0v) is 27.4. The second kappa shape index (κ2) is 11.0. The molecule has 0 saturated heterocycles. The van der Waals surface area contributed by atoms with Crippen LogP contribution in [0.1, 0.15) is 0 Å². The van der Waals surface area contributed by atoms with E-state index in [0.717, 1.165) is 32.9 Å². The molecule has 0 amide bonds. The van der Waals surface area contributed by atoms with E-state index in [9.17, 15) is 0 Å². The Kier molecular flexibility index (Phi) is 6.26. The standard InChI is InChI=1S/C44H26N2S2/c1-3-11-27(12-4-1)28-19-21-29(22-20-28)31-23-24-38-36(25-31)40-33-16-8-7-15-32(33)35(26-39(40)47-38)44-45-41(30-13-5-2-6-14-30)43-42(46-44)34-17-9-10-18-37(34)48-43/h1-26H. The van der Waals surface area contributed by atoms with Crippen molar-refractivity contribution in [1.82, 2.24) is 9.97 Å². The molecule has 7 aromatic carbocycles. The molecular formula is C44H26N2S2. The molecule has 4 heteroatoms. The van der Waals surface area contributed by atoms with Crippen molar-refractivity contribution in [2.24, 2.45) is 0 Å². The minimum absolute atomic E-state index is 0.764. The fourth-order valence-electron chi connectivity index (χ4n) is 6.99. The predicted octanol–water partition coefficient (Wildman–Crippen LogP) is 13.0. The summed E-state index contributed by atoms with van der Waals surface area (Å²) in [6.07, 6.45) is 0. The van der Waals surface area contributed by atoms with Gasteiger partial charge in [-0.2, -0.15) is 0 Å². The van der Waals surface area contributed by atoms with Crippen molar-refractivity contribution < 1.29 is 0 Å². The second-order valence-corrected chi connectivity index (χ2v) is 14.3. The van der Waals surface area contributed by atoms with Crippen LogP contribution in [0.4, 0.5) is 0 Å². The number of nitrogens with zero attached hydrogens (tertiary/aromatic N) is 2. The summed E-state index contributed by atoms with van der Waals surface area (Å²) in [5, 5.41) is 6.15. The van der Waals surface area contributed by atoms with Crippen LogP contribution in [0.3, 0.4) is 0 Å². The normalized spacial score (nSPS) is 11.8. The number of aromatic nitrogens is 2. The van der Waals surface area contributed by atoms with E-state index in [4.69, 9.17) is 9.97 Å². The summed E-state index contributed by atoms with van der Waals surface area (Å²) in [4.78, 5) is 10.7. The van der Waals surface area contributed by atoms with E-state index in [-0.39, 0.29) is 0 Å². The summed E-state index contributed by atoms with van der Waals surface area (Å²) in [5.41, 5.74) is 9.08. The predicted molar refractivity (Wildman–Crippen MR) is 207 cm³/mol. The first-order valence-electron chi connectivity index (χ1n) is 16.1. The molecule has 0 aliphatic rings. The highest BCUT2D eigenvalue weighted by atomic mass is 32.1. The zero-order chi connectivity index (χ0) is 31.6. The molecule has 3 aromatic heterocycles. The molecule has 0 radical (unpaired) electrons. The monoisotopic (exact) mass is 646 g/mol. The lowest BCUT2D eigenvalue weighted by Crippen LogP contribution is -1.94. The van der Waals surface area contributed by atoms with E-state index in [0.29, 0.717) is 0 Å². The summed E-state index contributed by atoms with van der Waals surface area (Å²) < 4.78 is 4.88. The van der Waals surface area contributed by atoms with Crippen LogP contribution in [0.25, 0.3) is 96.1 Å². The van der Waals surface area contributed by atoms with Crippen molar-refractivity contribution >= 4 is 73.9 Å². The highest BCUT2D eigenvalue weighted by molar-refractivity contribution is 7.26. The number of hydrogen-bond acceptors (Lipinski definition) is 4. The average molecular weight is 647 g/mol. The van der Waals surface area contributed by atoms with Gasteiger partial charge >= 0.3 is 0 Å². The molecule has 10 aromatic rings. The SMILES string of the molecule is c1ccc(-c2ccc(-c3ccc4sc5cc(-c6nc(-c7ccccc7)c7sc8ccccc8c7n6)c6ccccc6c5c4c3)cc2)cc1. The molecule has 0 spiro atoms. The van der Waals surface area contributed by atoms with Crippen molar-refractivity contribution in [3.63, 3.8) is 0 Å². The van der Waals surface area contributed by atoms with E-state index < -0.39 is 0 Å². The van der Waals surface area contributed by atoms with E-state index in [1.165, 1.54) is 63.3 Å². The molecule has 224 valence electrons. The fraction of sp³-hybridized carbons (Fsp3) is 0. The first kappa shape index (κ1) is 27.4. The molecule has 10 rings (SSSR count). The molecule has 0 aliphatic heterocycles. The van der Waals surface area contributed by atoms with Crippen LogP contribution in [-0.4, -0.2) is 9.97 Å². The van der Waals surface area contributed by atoms with Gasteiger partial charge in [-0.15, -0.1) is 22.7 Å². The number of hydrogen-bond donors (Lipinski definition) is 0. The maximum atomic E-state index is 5.33. The molecule has 0 unspecified atom stereocenters. The van der Waals surface area contributed by atoms with Crippen molar-refractivity contribution in [2.75, 3.05) is 0 Å². The highest BCUT2D eigenvalue weighted by Crippen LogP contribution is 2.45. The Labute approximate surface area is 285 Å². The Morgan fingerprint density at radius 2 is 0.958 bits per heavy atom. The zero-order valence-electron chi connectivity index (χ0n) is 25.7. The Morgan fingerprint density at radius 1 is 0.375 bits per heavy atom. The van der Waals surface area contributed by atoms with Gasteiger partial charge in [-0.1, -0.05) is 133 Å². The van der Waals surface area contributed by atoms with Gasteiger partial charge in [-0.25, -0.2) is 9.97 Å². The smallest absolute Gasteiger partial charge is 0.161 e. The lowest BCUT2D eigenvalue weighted by Gasteiger charge is -2.11. The van der Waals surface area contributed by atoms with Crippen LogP contribution in [-0.2, 0) is 0 Å². The van der Waals surface area contributed by atoms with Crippen LogP contribution in [0, 0.1) is 0 Å². The average Bonchev–Trinajstić information content (AvgIpc) is 3.73. The first-order valence-corrected chi connectivity index (χ1v) is 17.7. The van der Waals surface area contributed by atoms with E-state index >= 15 is 0 Å². The van der Waals surface area contributed by atoms with Gasteiger partial charge in [0, 0.05) is 41.4 Å². The third-order valence-electron chi connectivity index (χ3n) is 9.31. The maximum Gasteiger partial charge on any atom is 0.161 e. The van der Waals surface area contributed by atoms with Gasteiger partial charge in [0.05, 0.1) is 15.9 Å². The summed E-state index contributed by atoms with van der Waals surface area (Å²) in [5.74, 6) is 0.764. The third kappa shape index (κ3) is 4.38. The fourth-order valence-corrected chi connectivity index (χ4v) is 9.29. The van der Waals surface area contributed by atoms with E-state index in [2.05, 4.69) is 158 Å². The van der Waals surface area contributed by atoms with Gasteiger partial charge in [0.25, 0.3) is 0 Å². The Balaban J connectivity index is 1.18. The molecule has 0 N–H and O–H groups in total. The molecule has 2 nitrogen and oxygen atoms in total. The van der Waals surface area contributed by atoms with E-state index in [1.54, 1.807) is 11.3 Å². The summed E-state index contributed by atoms with van der Waals surface area (Å²) in [6, 6.07) is 56.5. The first-order chi connectivity index (χ1) is 23.8. The third-order valence-corrected chi connectivity index (χ3v) is 11.6. The van der Waals surface area contributed by atoms with Crippen LogP contribution in [0.2, 0.25) is 0 Å². The molecule has 0 fully saturated rings. The molecule has 0 bridgehead atoms.